The van der Waals surface area contributed by atoms with E-state index in [1.54, 1.807) is 26.4 Å². The summed E-state index contributed by atoms with van der Waals surface area (Å²) in [6.07, 6.45) is 1.56. The van der Waals surface area contributed by atoms with Gasteiger partial charge in [-0.2, -0.15) is 0 Å². The van der Waals surface area contributed by atoms with Gasteiger partial charge in [0.25, 0.3) is 5.91 Å². The zero-order chi connectivity index (χ0) is 20.1. The first-order valence-corrected chi connectivity index (χ1v) is 9.41. The minimum Gasteiger partial charge on any atom is -0.493 e. The molecule has 0 radical (unpaired) electrons. The zero-order valence-corrected chi connectivity index (χ0v) is 16.5. The van der Waals surface area contributed by atoms with E-state index in [4.69, 9.17) is 9.47 Å². The molecule has 2 aromatic rings. The van der Waals surface area contributed by atoms with Crippen LogP contribution in [0.1, 0.15) is 47.3 Å². The molecule has 1 saturated heterocycles. The number of amides is 2. The van der Waals surface area contributed by atoms with Crippen LogP contribution < -0.4 is 14.8 Å². The molecule has 0 unspecified atom stereocenters. The highest BCUT2D eigenvalue weighted by atomic mass is 16.5. The van der Waals surface area contributed by atoms with Crippen LogP contribution >= 0.6 is 0 Å². The third-order valence-corrected chi connectivity index (χ3v) is 5.02. The van der Waals surface area contributed by atoms with Gasteiger partial charge >= 0.3 is 0 Å². The van der Waals surface area contributed by atoms with Crippen molar-refractivity contribution >= 4 is 11.8 Å². The lowest BCUT2D eigenvalue weighted by Gasteiger charge is -2.17. The van der Waals surface area contributed by atoms with Crippen LogP contribution in [0.5, 0.6) is 11.5 Å². The maximum atomic E-state index is 12.6. The minimum atomic E-state index is -0.186. The second-order valence-corrected chi connectivity index (χ2v) is 6.93. The highest BCUT2D eigenvalue weighted by Crippen LogP contribution is 2.30. The Morgan fingerprint density at radius 3 is 2.43 bits per heavy atom. The van der Waals surface area contributed by atoms with Crippen LogP contribution in [-0.2, 0) is 11.3 Å². The Hall–Kier alpha value is -3.02. The molecule has 0 saturated carbocycles. The second-order valence-electron chi connectivity index (χ2n) is 6.93. The van der Waals surface area contributed by atoms with Gasteiger partial charge in [0, 0.05) is 25.1 Å². The van der Waals surface area contributed by atoms with E-state index in [0.717, 1.165) is 24.1 Å². The molecule has 28 heavy (non-hydrogen) atoms. The number of rotatable bonds is 7. The summed E-state index contributed by atoms with van der Waals surface area (Å²) in [5.41, 5.74) is 2.54. The van der Waals surface area contributed by atoms with Gasteiger partial charge in [0.1, 0.15) is 0 Å². The van der Waals surface area contributed by atoms with Crippen molar-refractivity contribution in [2.75, 3.05) is 20.8 Å². The zero-order valence-electron chi connectivity index (χ0n) is 16.5. The van der Waals surface area contributed by atoms with Crippen molar-refractivity contribution in [1.29, 1.82) is 0 Å². The molecule has 0 aromatic heterocycles. The first-order valence-electron chi connectivity index (χ1n) is 9.41. The molecule has 3 rings (SSSR count). The minimum absolute atomic E-state index is 0.147. The Labute approximate surface area is 165 Å². The Morgan fingerprint density at radius 1 is 1.11 bits per heavy atom. The van der Waals surface area contributed by atoms with Gasteiger partial charge in [0.15, 0.2) is 11.5 Å². The maximum Gasteiger partial charge on any atom is 0.251 e. The van der Waals surface area contributed by atoms with Crippen molar-refractivity contribution < 1.29 is 19.1 Å². The smallest absolute Gasteiger partial charge is 0.251 e. The average Bonchev–Trinajstić information content (AvgIpc) is 3.12. The van der Waals surface area contributed by atoms with Gasteiger partial charge in [-0.1, -0.05) is 18.2 Å². The molecule has 2 aromatic carbocycles. The van der Waals surface area contributed by atoms with E-state index in [2.05, 4.69) is 5.32 Å². The van der Waals surface area contributed by atoms with Gasteiger partial charge in [-0.3, -0.25) is 9.59 Å². The summed E-state index contributed by atoms with van der Waals surface area (Å²) in [6, 6.07) is 12.8. The normalized spacial score (nSPS) is 14.7. The SMILES string of the molecule is COc1ccc([C@@H](C)NC(=O)c2ccc(CN3CCCC3=O)cc2)cc1OC. The van der Waals surface area contributed by atoms with Crippen molar-refractivity contribution in [3.63, 3.8) is 0 Å². The molecule has 1 aliphatic rings. The lowest BCUT2D eigenvalue weighted by molar-refractivity contribution is -0.128. The van der Waals surface area contributed by atoms with Gasteiger partial charge in [-0.25, -0.2) is 0 Å². The van der Waals surface area contributed by atoms with Gasteiger partial charge in [0.2, 0.25) is 5.91 Å². The topological polar surface area (TPSA) is 67.9 Å². The quantitative estimate of drug-likeness (QED) is 0.798. The fourth-order valence-electron chi connectivity index (χ4n) is 3.34. The Balaban J connectivity index is 1.63. The predicted molar refractivity (Wildman–Crippen MR) is 107 cm³/mol. The predicted octanol–water partition coefficient (Wildman–Crippen LogP) is 3.32. The average molecular weight is 382 g/mol. The molecule has 2 amide bonds. The molecule has 0 bridgehead atoms. The number of ether oxygens (including phenoxy) is 2. The molecule has 0 aliphatic carbocycles. The van der Waals surface area contributed by atoms with E-state index in [1.807, 2.05) is 42.2 Å². The number of benzene rings is 2. The molecular formula is C22H26N2O4. The molecule has 1 atom stereocenters. The van der Waals surface area contributed by atoms with Crippen molar-refractivity contribution in [3.8, 4) is 11.5 Å². The summed E-state index contributed by atoms with van der Waals surface area (Å²) in [4.78, 5) is 26.2. The molecule has 1 fully saturated rings. The van der Waals surface area contributed by atoms with Crippen LogP contribution in [0.3, 0.4) is 0 Å². The number of nitrogens with one attached hydrogen (secondary N) is 1. The first-order chi connectivity index (χ1) is 13.5. The van der Waals surface area contributed by atoms with E-state index >= 15 is 0 Å². The van der Waals surface area contributed by atoms with E-state index in [9.17, 15) is 9.59 Å². The van der Waals surface area contributed by atoms with E-state index in [0.29, 0.717) is 30.0 Å². The summed E-state index contributed by atoms with van der Waals surface area (Å²) in [5.74, 6) is 1.33. The maximum absolute atomic E-state index is 12.6. The van der Waals surface area contributed by atoms with Gasteiger partial charge in [0.05, 0.1) is 20.3 Å². The van der Waals surface area contributed by atoms with Crippen molar-refractivity contribution in [2.45, 2.75) is 32.4 Å². The number of nitrogens with zero attached hydrogens (tertiary/aromatic N) is 1. The Bertz CT molecular complexity index is 848. The van der Waals surface area contributed by atoms with E-state index in [-0.39, 0.29) is 17.9 Å². The second kappa shape index (κ2) is 8.78. The third kappa shape index (κ3) is 4.44. The van der Waals surface area contributed by atoms with Crippen LogP contribution in [0.2, 0.25) is 0 Å². The fourth-order valence-corrected chi connectivity index (χ4v) is 3.34. The Morgan fingerprint density at radius 2 is 1.82 bits per heavy atom. The van der Waals surface area contributed by atoms with E-state index < -0.39 is 0 Å². The van der Waals surface area contributed by atoms with Crippen LogP contribution in [0.25, 0.3) is 0 Å². The summed E-state index contributed by atoms with van der Waals surface area (Å²) < 4.78 is 10.6. The van der Waals surface area contributed by atoms with Gasteiger partial charge < -0.3 is 19.7 Å². The number of carbonyl (C=O) groups is 2. The van der Waals surface area contributed by atoms with Crippen LogP contribution in [-0.4, -0.2) is 37.5 Å². The molecule has 1 heterocycles. The number of methoxy groups -OCH3 is 2. The summed E-state index contributed by atoms with van der Waals surface area (Å²) in [5, 5.41) is 3.00. The summed E-state index contributed by atoms with van der Waals surface area (Å²) in [7, 11) is 3.17. The molecular weight excluding hydrogens is 356 g/mol. The number of carbonyl (C=O) groups excluding carboxylic acids is 2. The molecule has 1 N–H and O–H groups in total. The standard InChI is InChI=1S/C22H26N2O4/c1-15(18-10-11-19(27-2)20(13-18)28-3)23-22(26)17-8-6-16(7-9-17)14-24-12-4-5-21(24)25/h6-11,13,15H,4-5,12,14H2,1-3H3,(H,23,26)/t15-/m1/s1. The molecule has 148 valence electrons. The highest BCUT2D eigenvalue weighted by molar-refractivity contribution is 5.94. The number of likely N-dealkylation sites (tertiary alicyclic amines) is 1. The lowest BCUT2D eigenvalue weighted by atomic mass is 10.1. The number of hydrogen-bond donors (Lipinski definition) is 1. The summed E-state index contributed by atoms with van der Waals surface area (Å²) >= 11 is 0. The molecule has 1 aliphatic heterocycles. The van der Waals surface area contributed by atoms with Crippen LogP contribution in [0.4, 0.5) is 0 Å². The van der Waals surface area contributed by atoms with Crippen LogP contribution in [0.15, 0.2) is 42.5 Å². The van der Waals surface area contributed by atoms with Crippen molar-refractivity contribution in [3.05, 3.63) is 59.2 Å². The van der Waals surface area contributed by atoms with Crippen LogP contribution in [0, 0.1) is 0 Å². The summed E-state index contributed by atoms with van der Waals surface area (Å²) in [6.45, 7) is 3.33. The first kappa shape index (κ1) is 19.7. The van der Waals surface area contributed by atoms with Crippen molar-refractivity contribution in [1.82, 2.24) is 10.2 Å². The van der Waals surface area contributed by atoms with Gasteiger partial charge in [-0.15, -0.1) is 0 Å². The largest absolute Gasteiger partial charge is 0.493 e. The monoisotopic (exact) mass is 382 g/mol. The highest BCUT2D eigenvalue weighted by Gasteiger charge is 2.20. The molecule has 0 spiro atoms. The fraction of sp³-hybridized carbons (Fsp3) is 0.364. The van der Waals surface area contributed by atoms with E-state index in [1.165, 1.54) is 0 Å². The lowest BCUT2D eigenvalue weighted by Crippen LogP contribution is -2.27. The number of hydrogen-bond acceptors (Lipinski definition) is 4. The Kier molecular flexibility index (Phi) is 6.19. The van der Waals surface area contributed by atoms with Gasteiger partial charge in [-0.05, 0) is 48.7 Å². The third-order valence-electron chi connectivity index (χ3n) is 5.02. The van der Waals surface area contributed by atoms with Crippen molar-refractivity contribution in [2.24, 2.45) is 0 Å². The molecule has 6 nitrogen and oxygen atoms in total. The molecule has 6 heteroatoms.